The third-order valence-electron chi connectivity index (χ3n) is 5.92. The van der Waals surface area contributed by atoms with Gasteiger partial charge in [-0.05, 0) is 74.0 Å². The molecule has 0 saturated carbocycles. The summed E-state index contributed by atoms with van der Waals surface area (Å²) in [5, 5.41) is 0.611. The number of halogens is 4. The summed E-state index contributed by atoms with van der Waals surface area (Å²) in [5.41, 5.74) is 0.635. The third-order valence-corrected chi connectivity index (χ3v) is 7.02. The number of carbonyl (C=O) groups is 4. The highest BCUT2D eigenvalue weighted by molar-refractivity contribution is 6.39. The lowest BCUT2D eigenvalue weighted by atomic mass is 9.86. The van der Waals surface area contributed by atoms with E-state index in [1.807, 2.05) is 6.92 Å². The summed E-state index contributed by atoms with van der Waals surface area (Å²) >= 11 is 24.6. The highest BCUT2D eigenvalue weighted by Gasteiger charge is 2.31. The number of carbonyl (C=O) groups excluding carboxylic acids is 4. The van der Waals surface area contributed by atoms with Crippen molar-refractivity contribution in [3.05, 3.63) is 137 Å². The van der Waals surface area contributed by atoms with Crippen LogP contribution in [0.1, 0.15) is 63.7 Å². The van der Waals surface area contributed by atoms with Crippen LogP contribution in [0.25, 0.3) is 0 Å². The summed E-state index contributed by atoms with van der Waals surface area (Å²) in [6.45, 7) is 3.43. The average Bonchev–Trinajstić information content (AvgIpc) is 2.91. The van der Waals surface area contributed by atoms with Gasteiger partial charge in [-0.25, -0.2) is 19.4 Å². The van der Waals surface area contributed by atoms with Gasteiger partial charge in [-0.15, -0.1) is 0 Å². The number of benzene rings is 4. The Labute approximate surface area is 249 Å². The highest BCUT2D eigenvalue weighted by atomic mass is 35.5. The Balaban J connectivity index is 1.81. The van der Waals surface area contributed by atoms with Gasteiger partial charge in [0.25, 0.3) is 0 Å². The summed E-state index contributed by atoms with van der Waals surface area (Å²) in [7, 11) is 0. The topological polar surface area (TPSA) is 86.7 Å². The predicted octanol–water partition coefficient (Wildman–Crippen LogP) is 8.31. The number of hydrogen-bond donors (Lipinski definition) is 0. The van der Waals surface area contributed by atoms with E-state index in [1.165, 1.54) is 60.7 Å². The Morgan fingerprint density at radius 1 is 0.550 bits per heavy atom. The quantitative estimate of drug-likeness (QED) is 0.123. The zero-order valence-corrected chi connectivity index (χ0v) is 23.9. The Hall–Kier alpha value is -3.68. The first kappa shape index (κ1) is 29.3. The fraction of sp³-hybridized carbons (Fsp3) is 0.0667. The SMILES string of the molecule is Cc1ccc(C(=O)OOC(=O)c2ccc(C)c(C(=O)c3ccc(Cl)cc3Cl)c2C(=O)c2ccc(Cl)cc2Cl)cc1. The van der Waals surface area contributed by atoms with Crippen LogP contribution >= 0.6 is 46.4 Å². The lowest BCUT2D eigenvalue weighted by molar-refractivity contribution is -0.187. The van der Waals surface area contributed by atoms with Crippen molar-refractivity contribution in [1.82, 2.24) is 0 Å². The molecule has 40 heavy (non-hydrogen) atoms. The normalized spacial score (nSPS) is 10.7. The third kappa shape index (κ3) is 6.21. The molecule has 10 heteroatoms. The van der Waals surface area contributed by atoms with E-state index in [4.69, 9.17) is 56.2 Å². The van der Waals surface area contributed by atoms with Crippen LogP contribution in [0.4, 0.5) is 0 Å². The van der Waals surface area contributed by atoms with Gasteiger partial charge in [-0.2, -0.15) is 0 Å². The van der Waals surface area contributed by atoms with Gasteiger partial charge in [0.1, 0.15) is 0 Å². The Kier molecular flexibility index (Phi) is 8.96. The second-order valence-corrected chi connectivity index (χ2v) is 10.4. The van der Waals surface area contributed by atoms with E-state index in [1.54, 1.807) is 19.1 Å². The Morgan fingerprint density at radius 2 is 1.02 bits per heavy atom. The maximum atomic E-state index is 13.9. The van der Waals surface area contributed by atoms with E-state index in [2.05, 4.69) is 0 Å². The molecule has 4 rings (SSSR count). The van der Waals surface area contributed by atoms with Gasteiger partial charge in [0, 0.05) is 32.3 Å². The minimum atomic E-state index is -1.19. The molecule has 0 aliphatic heterocycles. The summed E-state index contributed by atoms with van der Waals surface area (Å²) in [6, 6.07) is 17.5. The van der Waals surface area contributed by atoms with E-state index in [0.29, 0.717) is 10.6 Å². The average molecular weight is 616 g/mol. The van der Waals surface area contributed by atoms with Crippen molar-refractivity contribution in [3.63, 3.8) is 0 Å². The lowest BCUT2D eigenvalue weighted by Crippen LogP contribution is -2.20. The summed E-state index contributed by atoms with van der Waals surface area (Å²) < 4.78 is 0. The molecule has 0 radical (unpaired) electrons. The minimum Gasteiger partial charge on any atom is -0.289 e. The van der Waals surface area contributed by atoms with E-state index >= 15 is 0 Å². The first-order chi connectivity index (χ1) is 19.0. The van der Waals surface area contributed by atoms with Gasteiger partial charge in [0.05, 0.1) is 21.2 Å². The zero-order chi connectivity index (χ0) is 29.1. The molecule has 4 aromatic rings. The van der Waals surface area contributed by atoms with E-state index in [-0.39, 0.29) is 48.4 Å². The molecule has 0 aromatic heterocycles. The molecule has 0 N–H and O–H groups in total. The molecule has 0 saturated heterocycles. The molecular weight excluding hydrogens is 598 g/mol. The molecule has 202 valence electrons. The van der Waals surface area contributed by atoms with Crippen LogP contribution in [0.3, 0.4) is 0 Å². The fourth-order valence-corrected chi connectivity index (χ4v) is 4.87. The molecule has 4 aromatic carbocycles. The second-order valence-electron chi connectivity index (χ2n) is 8.69. The van der Waals surface area contributed by atoms with Crippen LogP contribution in [0.5, 0.6) is 0 Å². The van der Waals surface area contributed by atoms with Crippen LogP contribution < -0.4 is 0 Å². The van der Waals surface area contributed by atoms with E-state index in [0.717, 1.165) is 5.56 Å². The van der Waals surface area contributed by atoms with Crippen LogP contribution in [-0.2, 0) is 9.78 Å². The maximum absolute atomic E-state index is 13.9. The molecule has 0 spiro atoms. The van der Waals surface area contributed by atoms with Crippen molar-refractivity contribution >= 4 is 69.9 Å². The molecule has 0 atom stereocenters. The molecule has 6 nitrogen and oxygen atoms in total. The molecule has 0 bridgehead atoms. The van der Waals surface area contributed by atoms with Gasteiger partial charge < -0.3 is 0 Å². The van der Waals surface area contributed by atoms with Crippen molar-refractivity contribution < 1.29 is 29.0 Å². The summed E-state index contributed by atoms with van der Waals surface area (Å²) in [4.78, 5) is 62.9. The molecule has 0 aliphatic rings. The van der Waals surface area contributed by atoms with Crippen molar-refractivity contribution in [2.75, 3.05) is 0 Å². The van der Waals surface area contributed by atoms with Gasteiger partial charge in [0.15, 0.2) is 11.6 Å². The fourth-order valence-electron chi connectivity index (χ4n) is 3.88. The van der Waals surface area contributed by atoms with E-state index < -0.39 is 23.5 Å². The van der Waals surface area contributed by atoms with Gasteiger partial charge in [-0.1, -0.05) is 70.2 Å². The molecule has 0 unspecified atom stereocenters. The second kappa shape index (κ2) is 12.2. The predicted molar refractivity (Wildman–Crippen MR) is 153 cm³/mol. The van der Waals surface area contributed by atoms with Crippen LogP contribution in [-0.4, -0.2) is 23.5 Å². The van der Waals surface area contributed by atoms with Crippen molar-refractivity contribution in [2.24, 2.45) is 0 Å². The Morgan fingerprint density at radius 3 is 1.55 bits per heavy atom. The van der Waals surface area contributed by atoms with Gasteiger partial charge >= 0.3 is 11.9 Å². The summed E-state index contributed by atoms with van der Waals surface area (Å²) in [6.07, 6.45) is 0. The zero-order valence-electron chi connectivity index (χ0n) is 20.9. The van der Waals surface area contributed by atoms with Crippen molar-refractivity contribution in [3.8, 4) is 0 Å². The first-order valence-corrected chi connectivity index (χ1v) is 13.1. The number of aryl methyl sites for hydroxylation is 2. The van der Waals surface area contributed by atoms with Gasteiger partial charge in [-0.3, -0.25) is 9.59 Å². The standard InChI is InChI=1S/C30H18Cl4O6/c1-15-3-6-17(7-4-15)29(37)39-40-30(38)22-10-5-16(2)25(27(35)20-11-8-18(31)13-23(20)33)26(22)28(36)21-12-9-19(32)14-24(21)34/h3-14H,1-2H3. The minimum absolute atomic E-state index is 0.00736. The molecule has 0 aliphatic carbocycles. The number of ketones is 2. The van der Waals surface area contributed by atoms with Crippen molar-refractivity contribution in [1.29, 1.82) is 0 Å². The molecule has 0 fully saturated rings. The summed E-state index contributed by atoms with van der Waals surface area (Å²) in [5.74, 6) is -3.54. The van der Waals surface area contributed by atoms with E-state index in [9.17, 15) is 19.2 Å². The smallest absolute Gasteiger partial charge is 0.289 e. The first-order valence-electron chi connectivity index (χ1n) is 11.6. The maximum Gasteiger partial charge on any atom is 0.387 e. The van der Waals surface area contributed by atoms with Crippen LogP contribution in [0.15, 0.2) is 72.8 Å². The van der Waals surface area contributed by atoms with Crippen molar-refractivity contribution in [2.45, 2.75) is 13.8 Å². The largest absolute Gasteiger partial charge is 0.387 e. The monoisotopic (exact) mass is 614 g/mol. The van der Waals surface area contributed by atoms with Crippen LogP contribution in [0, 0.1) is 13.8 Å². The molecular formula is C30H18Cl4O6. The number of hydrogen-bond acceptors (Lipinski definition) is 6. The van der Waals surface area contributed by atoms with Crippen LogP contribution in [0.2, 0.25) is 20.1 Å². The van der Waals surface area contributed by atoms with Gasteiger partial charge in [0.2, 0.25) is 0 Å². The molecule has 0 amide bonds. The lowest BCUT2D eigenvalue weighted by Gasteiger charge is -2.16. The Bertz CT molecular complexity index is 1680. The highest BCUT2D eigenvalue weighted by Crippen LogP contribution is 2.32. The number of rotatable bonds is 6. The molecule has 0 heterocycles.